The Morgan fingerprint density at radius 1 is 0.709 bits per heavy atom. The summed E-state index contributed by atoms with van der Waals surface area (Å²) in [6.07, 6.45) is 5.96. The summed E-state index contributed by atoms with van der Waals surface area (Å²) in [4.78, 5) is 46.9. The van der Waals surface area contributed by atoms with Crippen molar-refractivity contribution in [2.24, 2.45) is 0 Å². The molecule has 0 unspecified atom stereocenters. The van der Waals surface area contributed by atoms with Gasteiger partial charge < -0.3 is 48.5 Å². The molecule has 0 saturated carbocycles. The van der Waals surface area contributed by atoms with Crippen molar-refractivity contribution in [1.29, 1.82) is 0 Å². The molecule has 0 radical (unpaired) electrons. The van der Waals surface area contributed by atoms with E-state index < -0.39 is 71.3 Å². The number of rotatable bonds is 9. The standard InChI is InChI=1S/C16H16O5.C10H16O5.C9H12O4.3CH4.3W/c1-2-19-16-9-8-12(13(10-16)21-15(16)18)20-14(17)11-6-4-3-5-7-11;1-3-15-10(9(13)14-2)5-4-7(11)8(12)6-10;1-2-12-9-4-3-6(10)7(5-9)13-8(9)11;;;;;;/h3-9,12-13H,2,10H2,1H3;4-5,7-8,11-12H,3,6H2,1-2H3;3-4,6-7,10H,2,5H2,1H3;3*1H4;;;/t12-,13-,16+;7-,8-,10+;6-,7-,9+;;;;;;/m111....../s1. The second-order valence-corrected chi connectivity index (χ2v) is 11.8. The maximum atomic E-state index is 12.0. The zero-order valence-electron chi connectivity index (χ0n) is 29.1. The number of ether oxygens (including phenoxy) is 7. The zero-order valence-corrected chi connectivity index (χ0v) is 37.9. The molecule has 9 atom stereocenters. The number of hydrogen-bond donors (Lipinski definition) is 3. The van der Waals surface area contributed by atoms with E-state index in [1.54, 1.807) is 55.5 Å². The fourth-order valence-electron chi connectivity index (χ4n) is 6.08. The average Bonchev–Trinajstić information content (AvgIpc) is 3.52. The van der Waals surface area contributed by atoms with Gasteiger partial charge in [0.05, 0.1) is 24.9 Å². The molecule has 0 spiro atoms. The number of benzene rings is 1. The molecule has 6 rings (SSSR count). The maximum absolute atomic E-state index is 12.0. The first-order chi connectivity index (χ1) is 23.4. The minimum absolute atomic E-state index is 0. The van der Waals surface area contributed by atoms with Gasteiger partial charge in [0.2, 0.25) is 0 Å². The van der Waals surface area contributed by atoms with Gasteiger partial charge in [0.25, 0.3) is 0 Å². The molecule has 2 heterocycles. The first-order valence-corrected chi connectivity index (χ1v) is 16.2. The van der Waals surface area contributed by atoms with E-state index in [1.165, 1.54) is 19.3 Å². The molecule has 3 aliphatic carbocycles. The average molecular weight is 1290 g/mol. The zero-order chi connectivity index (χ0) is 35.8. The summed E-state index contributed by atoms with van der Waals surface area (Å²) in [5.41, 5.74) is -2.72. The Morgan fingerprint density at radius 3 is 1.71 bits per heavy atom. The van der Waals surface area contributed by atoms with Gasteiger partial charge in [-0.15, -0.1) is 0 Å². The largest absolute Gasteiger partial charge is 0.467 e. The van der Waals surface area contributed by atoms with Gasteiger partial charge in [0.15, 0.2) is 22.9 Å². The van der Waals surface area contributed by atoms with Crippen molar-refractivity contribution >= 4 is 23.9 Å². The van der Waals surface area contributed by atoms with E-state index in [4.69, 9.17) is 28.4 Å². The number of esters is 4. The molecule has 14 nitrogen and oxygen atoms in total. The molecule has 55 heavy (non-hydrogen) atoms. The molecule has 310 valence electrons. The van der Waals surface area contributed by atoms with E-state index in [0.29, 0.717) is 38.2 Å². The normalized spacial score (nSPS) is 31.0. The minimum atomic E-state index is -1.26. The molecule has 0 aromatic heterocycles. The molecule has 2 saturated heterocycles. The van der Waals surface area contributed by atoms with Crippen LogP contribution < -0.4 is 0 Å². The molecule has 17 heteroatoms. The van der Waals surface area contributed by atoms with Gasteiger partial charge >= 0.3 is 23.9 Å². The van der Waals surface area contributed by atoms with Crippen LogP contribution in [0.15, 0.2) is 66.8 Å². The predicted molar refractivity (Wildman–Crippen MR) is 190 cm³/mol. The number of aliphatic hydroxyl groups excluding tert-OH is 3. The van der Waals surface area contributed by atoms with Crippen LogP contribution >= 0.6 is 0 Å². The molecule has 2 aliphatic heterocycles. The van der Waals surface area contributed by atoms with Crippen molar-refractivity contribution in [3.63, 3.8) is 0 Å². The third-order valence-corrected chi connectivity index (χ3v) is 8.54. The molecule has 5 aliphatic rings. The Morgan fingerprint density at radius 2 is 1.20 bits per heavy atom. The fraction of sp³-hybridized carbons (Fsp3) is 0.579. The van der Waals surface area contributed by atoms with Crippen LogP contribution in [-0.4, -0.2) is 120 Å². The van der Waals surface area contributed by atoms with Crippen molar-refractivity contribution in [2.75, 3.05) is 26.9 Å². The van der Waals surface area contributed by atoms with Crippen molar-refractivity contribution in [1.82, 2.24) is 0 Å². The van der Waals surface area contributed by atoms with Gasteiger partial charge in [-0.25, -0.2) is 19.2 Å². The van der Waals surface area contributed by atoms with Gasteiger partial charge in [-0.05, 0) is 57.2 Å². The topological polar surface area (TPSA) is 194 Å². The Hall–Kier alpha value is -1.86. The SMILES string of the molecule is C.C.C.CCO[C@@]1(C(=O)OC)C=C[C@@H](O)[C@H](O)C1.CCO[C@@]12C=C[C@@H](O)[C@@H](C1)OC2=O.CCO[C@@]12C=C[C@@H](OC(=O)c3ccccc3)[C@@H](C1)OC2=O.[W].[W].[W]. The first-order valence-electron chi connectivity index (χ1n) is 16.2. The van der Waals surface area contributed by atoms with E-state index in [9.17, 15) is 34.5 Å². The van der Waals surface area contributed by atoms with Crippen molar-refractivity contribution in [3.8, 4) is 0 Å². The van der Waals surface area contributed by atoms with Gasteiger partial charge in [-0.2, -0.15) is 0 Å². The Kier molecular flexibility index (Phi) is 26.6. The van der Waals surface area contributed by atoms with E-state index >= 15 is 0 Å². The van der Waals surface area contributed by atoms with Crippen LogP contribution in [-0.2, 0) is 111 Å². The van der Waals surface area contributed by atoms with Crippen LogP contribution in [0.4, 0.5) is 0 Å². The van der Waals surface area contributed by atoms with Gasteiger partial charge in [-0.3, -0.25) is 0 Å². The number of methoxy groups -OCH3 is 1. The van der Waals surface area contributed by atoms with Crippen molar-refractivity contribution in [3.05, 3.63) is 72.4 Å². The third kappa shape index (κ3) is 13.3. The summed E-state index contributed by atoms with van der Waals surface area (Å²) in [7, 11) is 1.26. The molecule has 2 fully saturated rings. The molecular weight excluding hydrogens is 1230 g/mol. The summed E-state index contributed by atoms with van der Waals surface area (Å²) in [5.74, 6) is -1.79. The number of carbonyl (C=O) groups excluding carboxylic acids is 4. The van der Waals surface area contributed by atoms with Crippen LogP contribution in [0.3, 0.4) is 0 Å². The number of aliphatic hydroxyl groups is 3. The Balaban J connectivity index is -0.000000720. The van der Waals surface area contributed by atoms with Crippen LogP contribution in [0.25, 0.3) is 0 Å². The Bertz CT molecular complexity index is 1440. The molecule has 0 amide bonds. The molecular formula is C38H56O14W3. The number of fused-ring (bicyclic) bond motifs is 4. The maximum Gasteiger partial charge on any atom is 0.343 e. The molecule has 3 N–H and O–H groups in total. The van der Waals surface area contributed by atoms with Crippen LogP contribution in [0.2, 0.25) is 0 Å². The van der Waals surface area contributed by atoms with Crippen LogP contribution in [0, 0.1) is 0 Å². The summed E-state index contributed by atoms with van der Waals surface area (Å²) in [5, 5.41) is 28.2. The summed E-state index contributed by atoms with van der Waals surface area (Å²) in [6, 6.07) is 8.72. The van der Waals surface area contributed by atoms with Crippen molar-refractivity contribution in [2.45, 2.75) is 116 Å². The number of carbonyl (C=O) groups is 4. The monoisotopic (exact) mass is 1290 g/mol. The van der Waals surface area contributed by atoms with Gasteiger partial charge in [-0.1, -0.05) is 52.6 Å². The van der Waals surface area contributed by atoms with E-state index in [2.05, 4.69) is 4.74 Å². The van der Waals surface area contributed by atoms with Gasteiger partial charge in [0, 0.05) is 102 Å². The molecule has 1 aromatic carbocycles. The fourth-order valence-corrected chi connectivity index (χ4v) is 6.08. The third-order valence-electron chi connectivity index (χ3n) is 8.54. The predicted octanol–water partition coefficient (Wildman–Crippen LogP) is 3.40. The minimum Gasteiger partial charge on any atom is -0.467 e. The Labute approximate surface area is 367 Å². The smallest absolute Gasteiger partial charge is 0.343 e. The van der Waals surface area contributed by atoms with Crippen LogP contribution in [0.5, 0.6) is 0 Å². The van der Waals surface area contributed by atoms with E-state index in [1.807, 2.05) is 19.9 Å². The summed E-state index contributed by atoms with van der Waals surface area (Å²) in [6.45, 7) is 6.60. The molecule has 4 bridgehead atoms. The second-order valence-electron chi connectivity index (χ2n) is 11.8. The van der Waals surface area contributed by atoms with Crippen molar-refractivity contribution < 1.29 is 131 Å². The quantitative estimate of drug-likeness (QED) is 0.185. The van der Waals surface area contributed by atoms with Crippen LogP contribution in [0.1, 0.15) is 72.7 Å². The molecule has 1 aromatic rings. The number of hydrogen-bond acceptors (Lipinski definition) is 14. The first kappa shape index (κ1) is 57.5. The summed E-state index contributed by atoms with van der Waals surface area (Å²) < 4.78 is 36.5. The van der Waals surface area contributed by atoms with E-state index in [0.717, 1.165) is 0 Å². The van der Waals surface area contributed by atoms with E-state index in [-0.39, 0.29) is 97.9 Å². The second kappa shape index (κ2) is 25.5. The summed E-state index contributed by atoms with van der Waals surface area (Å²) >= 11 is 0. The van der Waals surface area contributed by atoms with Gasteiger partial charge in [0.1, 0.15) is 18.3 Å².